The van der Waals surface area contributed by atoms with Gasteiger partial charge in [0.25, 0.3) is 0 Å². The Balaban J connectivity index is 0.00000102. The largest absolute Gasteiger partial charge is 0.491 e. The minimum absolute atomic E-state index is 0.291. The number of fused-ring (bicyclic) bond motifs is 1. The molecule has 0 amide bonds. The molecule has 0 radical (unpaired) electrons. The van der Waals surface area contributed by atoms with E-state index in [1.54, 1.807) is 6.20 Å². The molecule has 1 aliphatic heterocycles. The van der Waals surface area contributed by atoms with E-state index in [2.05, 4.69) is 38.5 Å². The van der Waals surface area contributed by atoms with E-state index >= 15 is 0 Å². The highest BCUT2D eigenvalue weighted by atomic mass is 16.5. The van der Waals surface area contributed by atoms with Crippen molar-refractivity contribution in [3.8, 4) is 5.75 Å². The van der Waals surface area contributed by atoms with Gasteiger partial charge in [0, 0.05) is 18.1 Å². The number of nitrogens with zero attached hydrogens (tertiary/aromatic N) is 3. The summed E-state index contributed by atoms with van der Waals surface area (Å²) < 4.78 is 6.19. The Morgan fingerprint density at radius 2 is 1.96 bits per heavy atom. The van der Waals surface area contributed by atoms with Gasteiger partial charge >= 0.3 is 0 Å². The quantitative estimate of drug-likeness (QED) is 0.526. The molecule has 1 saturated heterocycles. The topological polar surface area (TPSA) is 76.3 Å². The number of benzene rings is 2. The highest BCUT2D eigenvalue weighted by molar-refractivity contribution is 5.88. The maximum atomic E-state index is 6.19. The molecular formula is C21H27N5O. The standard InChI is InChI=1S/C19H21N5O.C2H6/c20-23-19-21-11-10-18(22-19)24-12-4-7-15(24)13-25-17-9-3-6-14-5-1-2-8-16(14)17;1-2/h1-3,5-6,8-11,15H,4,7,12-13,20H2,(H,21,22,23);1-2H3/t15-;/m1./s1. The number of anilines is 2. The number of ether oxygens (including phenoxy) is 1. The number of nitrogens with two attached hydrogens (primary N) is 1. The Hall–Kier alpha value is -2.86. The van der Waals surface area contributed by atoms with Crippen LogP contribution in [0.1, 0.15) is 26.7 Å². The van der Waals surface area contributed by atoms with Crippen molar-refractivity contribution in [1.82, 2.24) is 9.97 Å². The third-order valence-electron chi connectivity index (χ3n) is 4.62. The fourth-order valence-electron chi connectivity index (χ4n) is 3.40. The highest BCUT2D eigenvalue weighted by Gasteiger charge is 2.26. The Morgan fingerprint density at radius 1 is 1.15 bits per heavy atom. The zero-order valence-electron chi connectivity index (χ0n) is 15.9. The number of nitrogen functional groups attached to an aromatic ring is 1. The lowest BCUT2D eigenvalue weighted by molar-refractivity contribution is 0.291. The van der Waals surface area contributed by atoms with Crippen molar-refractivity contribution in [2.45, 2.75) is 32.7 Å². The molecule has 6 nitrogen and oxygen atoms in total. The van der Waals surface area contributed by atoms with Gasteiger partial charge in [-0.15, -0.1) is 0 Å². The van der Waals surface area contributed by atoms with Crippen molar-refractivity contribution in [1.29, 1.82) is 0 Å². The van der Waals surface area contributed by atoms with Crippen LogP contribution in [0.2, 0.25) is 0 Å². The van der Waals surface area contributed by atoms with Crippen LogP contribution in [0.3, 0.4) is 0 Å². The average molecular weight is 365 g/mol. The Morgan fingerprint density at radius 3 is 2.81 bits per heavy atom. The van der Waals surface area contributed by atoms with Crippen LogP contribution in [0.15, 0.2) is 54.7 Å². The van der Waals surface area contributed by atoms with E-state index in [1.807, 2.05) is 44.2 Å². The molecule has 142 valence electrons. The van der Waals surface area contributed by atoms with Gasteiger partial charge in [-0.1, -0.05) is 50.2 Å². The molecule has 2 heterocycles. The third kappa shape index (κ3) is 4.28. The first kappa shape index (κ1) is 18.9. The van der Waals surface area contributed by atoms with Crippen LogP contribution >= 0.6 is 0 Å². The lowest BCUT2D eigenvalue weighted by Gasteiger charge is -2.26. The van der Waals surface area contributed by atoms with Crippen molar-refractivity contribution >= 4 is 22.5 Å². The summed E-state index contributed by atoms with van der Waals surface area (Å²) in [6, 6.07) is 16.7. The Kier molecular flexibility index (Phi) is 6.44. The maximum absolute atomic E-state index is 6.19. The summed E-state index contributed by atoms with van der Waals surface area (Å²) in [4.78, 5) is 10.8. The highest BCUT2D eigenvalue weighted by Crippen LogP contribution is 2.28. The molecule has 2 aromatic carbocycles. The van der Waals surface area contributed by atoms with E-state index in [1.165, 1.54) is 5.39 Å². The van der Waals surface area contributed by atoms with Crippen molar-refractivity contribution in [2.75, 3.05) is 23.5 Å². The van der Waals surface area contributed by atoms with Crippen LogP contribution in [0.5, 0.6) is 5.75 Å². The molecule has 0 aliphatic carbocycles. The summed E-state index contributed by atoms with van der Waals surface area (Å²) in [5.74, 6) is 7.66. The summed E-state index contributed by atoms with van der Waals surface area (Å²) >= 11 is 0. The van der Waals surface area contributed by atoms with Crippen LogP contribution in [0.25, 0.3) is 10.8 Å². The minimum Gasteiger partial charge on any atom is -0.491 e. The molecule has 6 heteroatoms. The maximum Gasteiger partial charge on any atom is 0.239 e. The second kappa shape index (κ2) is 9.19. The molecule has 27 heavy (non-hydrogen) atoms. The fraction of sp³-hybridized carbons (Fsp3) is 0.333. The van der Waals surface area contributed by atoms with Crippen LogP contribution < -0.4 is 20.9 Å². The van der Waals surface area contributed by atoms with E-state index in [4.69, 9.17) is 10.6 Å². The number of aromatic nitrogens is 2. The van der Waals surface area contributed by atoms with Gasteiger partial charge in [0.15, 0.2) is 0 Å². The Bertz CT molecular complexity index is 865. The molecule has 0 spiro atoms. The van der Waals surface area contributed by atoms with Crippen molar-refractivity contribution in [3.63, 3.8) is 0 Å². The molecule has 1 fully saturated rings. The number of hydrogen-bond donors (Lipinski definition) is 2. The molecule has 0 saturated carbocycles. The van der Waals surface area contributed by atoms with Gasteiger partial charge in [0.1, 0.15) is 18.2 Å². The Labute approximate surface area is 160 Å². The number of nitrogens with one attached hydrogen (secondary N) is 1. The average Bonchev–Trinajstić information content (AvgIpc) is 3.22. The van der Waals surface area contributed by atoms with Crippen molar-refractivity contribution in [2.24, 2.45) is 5.84 Å². The van der Waals surface area contributed by atoms with Gasteiger partial charge in [-0.05, 0) is 30.4 Å². The molecule has 3 aromatic rings. The first-order chi connectivity index (χ1) is 13.3. The summed E-state index contributed by atoms with van der Waals surface area (Å²) in [6.45, 7) is 5.59. The van der Waals surface area contributed by atoms with Crippen molar-refractivity contribution < 1.29 is 4.74 Å². The van der Waals surface area contributed by atoms with E-state index in [0.29, 0.717) is 18.6 Å². The zero-order chi connectivity index (χ0) is 19.1. The molecule has 1 aliphatic rings. The predicted octanol–water partition coefficient (Wildman–Crippen LogP) is 3.99. The smallest absolute Gasteiger partial charge is 0.239 e. The van der Waals surface area contributed by atoms with Crippen LogP contribution in [0, 0.1) is 0 Å². The van der Waals surface area contributed by atoms with E-state index < -0.39 is 0 Å². The monoisotopic (exact) mass is 365 g/mol. The summed E-state index contributed by atoms with van der Waals surface area (Å²) in [5, 5.41) is 2.34. The van der Waals surface area contributed by atoms with Crippen LogP contribution in [-0.4, -0.2) is 29.2 Å². The summed E-state index contributed by atoms with van der Waals surface area (Å²) in [5.41, 5.74) is 2.50. The van der Waals surface area contributed by atoms with Gasteiger partial charge in [0.2, 0.25) is 5.95 Å². The van der Waals surface area contributed by atoms with Crippen LogP contribution in [0.4, 0.5) is 11.8 Å². The minimum atomic E-state index is 0.291. The fourth-order valence-corrected chi connectivity index (χ4v) is 3.40. The van der Waals surface area contributed by atoms with Gasteiger partial charge in [-0.2, -0.15) is 4.98 Å². The molecular weight excluding hydrogens is 338 g/mol. The van der Waals surface area contributed by atoms with Gasteiger partial charge in [-0.3, -0.25) is 5.43 Å². The van der Waals surface area contributed by atoms with E-state index in [0.717, 1.165) is 36.3 Å². The third-order valence-corrected chi connectivity index (χ3v) is 4.62. The molecule has 1 aromatic heterocycles. The SMILES string of the molecule is CC.NNc1nccc(N2CCC[C@@H]2COc2cccc3ccccc23)n1. The molecule has 0 bridgehead atoms. The van der Waals surface area contributed by atoms with E-state index in [9.17, 15) is 0 Å². The lowest BCUT2D eigenvalue weighted by Crippen LogP contribution is -2.35. The molecule has 1 atom stereocenters. The second-order valence-electron chi connectivity index (χ2n) is 6.16. The summed E-state index contributed by atoms with van der Waals surface area (Å²) in [6.07, 6.45) is 3.93. The van der Waals surface area contributed by atoms with Gasteiger partial charge < -0.3 is 9.64 Å². The normalized spacial score (nSPS) is 16.0. The van der Waals surface area contributed by atoms with E-state index in [-0.39, 0.29) is 0 Å². The predicted molar refractivity (Wildman–Crippen MR) is 111 cm³/mol. The van der Waals surface area contributed by atoms with Crippen LogP contribution in [-0.2, 0) is 0 Å². The first-order valence-electron chi connectivity index (χ1n) is 9.52. The second-order valence-corrected chi connectivity index (χ2v) is 6.16. The molecule has 3 N–H and O–H groups in total. The van der Waals surface area contributed by atoms with Crippen molar-refractivity contribution in [3.05, 3.63) is 54.7 Å². The number of hydrogen-bond acceptors (Lipinski definition) is 6. The zero-order valence-corrected chi connectivity index (χ0v) is 15.9. The number of hydrazine groups is 1. The molecule has 0 unspecified atom stereocenters. The van der Waals surface area contributed by atoms with Gasteiger partial charge in [-0.25, -0.2) is 10.8 Å². The summed E-state index contributed by atoms with van der Waals surface area (Å²) in [7, 11) is 0. The lowest BCUT2D eigenvalue weighted by atomic mass is 10.1. The van der Waals surface area contributed by atoms with Gasteiger partial charge in [0.05, 0.1) is 6.04 Å². The number of rotatable bonds is 5. The first-order valence-corrected chi connectivity index (χ1v) is 9.52. The molecule has 4 rings (SSSR count).